The largest absolute Gasteiger partial charge is 0.494 e. The van der Waals surface area contributed by atoms with Crippen LogP contribution in [0.5, 0.6) is 5.75 Å². The molecule has 0 amide bonds. The average molecular weight is 509 g/mol. The summed E-state index contributed by atoms with van der Waals surface area (Å²) < 4.78 is 21.2. The zero-order valence-corrected chi connectivity index (χ0v) is 20.9. The number of hydrogen-bond acceptors (Lipinski definition) is 5. The Bertz CT molecular complexity index is 1510. The van der Waals surface area contributed by atoms with E-state index in [1.807, 2.05) is 35.0 Å². The fraction of sp³-hybridized carbons (Fsp3) is 0.167. The van der Waals surface area contributed by atoms with Gasteiger partial charge in [-0.15, -0.1) is 0 Å². The molecule has 8 heteroatoms. The SMILES string of the molecule is N=C(N)c1ccc(OCCCCNCc2ccc3c(-c4ccncc4)c(-c4ccc(F)cc4)nn3c2)cc1. The van der Waals surface area contributed by atoms with Crippen molar-refractivity contribution >= 4 is 11.4 Å². The van der Waals surface area contributed by atoms with Gasteiger partial charge in [0.25, 0.3) is 0 Å². The maximum Gasteiger partial charge on any atom is 0.123 e. The number of nitrogens with zero attached hydrogens (tertiary/aromatic N) is 3. The molecule has 2 aromatic carbocycles. The van der Waals surface area contributed by atoms with Gasteiger partial charge in [0, 0.05) is 41.8 Å². The van der Waals surface area contributed by atoms with Crippen LogP contribution in [0.3, 0.4) is 0 Å². The van der Waals surface area contributed by atoms with Crippen LogP contribution >= 0.6 is 0 Å². The molecule has 5 aromatic rings. The lowest BCUT2D eigenvalue weighted by atomic mass is 10.0. The van der Waals surface area contributed by atoms with Gasteiger partial charge in [-0.2, -0.15) is 5.10 Å². The van der Waals surface area contributed by atoms with E-state index < -0.39 is 0 Å². The van der Waals surface area contributed by atoms with E-state index >= 15 is 0 Å². The van der Waals surface area contributed by atoms with Crippen molar-refractivity contribution in [3.63, 3.8) is 0 Å². The van der Waals surface area contributed by atoms with Crippen LogP contribution in [0.4, 0.5) is 4.39 Å². The van der Waals surface area contributed by atoms with Crippen molar-refractivity contribution < 1.29 is 9.13 Å². The molecule has 0 aliphatic carbocycles. The fourth-order valence-electron chi connectivity index (χ4n) is 4.31. The van der Waals surface area contributed by atoms with Crippen molar-refractivity contribution in [2.45, 2.75) is 19.4 Å². The van der Waals surface area contributed by atoms with Crippen LogP contribution in [-0.4, -0.2) is 33.6 Å². The summed E-state index contributed by atoms with van der Waals surface area (Å²) in [4.78, 5) is 4.14. The molecule has 5 rings (SSSR count). The van der Waals surface area contributed by atoms with Crippen LogP contribution < -0.4 is 15.8 Å². The van der Waals surface area contributed by atoms with Gasteiger partial charge < -0.3 is 15.8 Å². The second kappa shape index (κ2) is 11.7. The molecule has 0 spiro atoms. The lowest BCUT2D eigenvalue weighted by molar-refractivity contribution is 0.306. The zero-order valence-electron chi connectivity index (χ0n) is 20.9. The maximum atomic E-state index is 13.6. The van der Waals surface area contributed by atoms with Crippen LogP contribution in [0.2, 0.25) is 0 Å². The molecule has 0 aliphatic heterocycles. The molecule has 0 radical (unpaired) electrons. The predicted octanol–water partition coefficient (Wildman–Crippen LogP) is 5.44. The Morgan fingerprint density at radius 1 is 0.921 bits per heavy atom. The third-order valence-electron chi connectivity index (χ3n) is 6.29. The van der Waals surface area contributed by atoms with Crippen molar-refractivity contribution in [2.75, 3.05) is 13.2 Å². The molecule has 0 unspecified atom stereocenters. The molecule has 38 heavy (non-hydrogen) atoms. The number of rotatable bonds is 11. The first-order valence-electron chi connectivity index (χ1n) is 12.5. The number of ether oxygens (including phenoxy) is 1. The average Bonchev–Trinajstić information content (AvgIpc) is 3.32. The Hall–Kier alpha value is -4.56. The Balaban J connectivity index is 1.19. The van der Waals surface area contributed by atoms with Gasteiger partial charge in [-0.1, -0.05) is 6.07 Å². The highest BCUT2D eigenvalue weighted by molar-refractivity contribution is 5.95. The zero-order chi connectivity index (χ0) is 26.3. The summed E-state index contributed by atoms with van der Waals surface area (Å²) in [7, 11) is 0. The Labute approximate surface area is 220 Å². The van der Waals surface area contributed by atoms with Gasteiger partial charge >= 0.3 is 0 Å². The topological polar surface area (TPSA) is 101 Å². The molecular formula is C30H29FN6O. The van der Waals surface area contributed by atoms with E-state index in [4.69, 9.17) is 21.0 Å². The van der Waals surface area contributed by atoms with Gasteiger partial charge in [0.2, 0.25) is 0 Å². The molecule has 7 nitrogen and oxygen atoms in total. The summed E-state index contributed by atoms with van der Waals surface area (Å²) in [6.45, 7) is 2.22. The molecule has 0 atom stereocenters. The Morgan fingerprint density at radius 3 is 2.42 bits per heavy atom. The molecule has 0 saturated carbocycles. The second-order valence-electron chi connectivity index (χ2n) is 9.00. The van der Waals surface area contributed by atoms with E-state index in [0.717, 1.165) is 65.1 Å². The predicted molar refractivity (Wildman–Crippen MR) is 148 cm³/mol. The number of hydrogen-bond donors (Lipinski definition) is 3. The van der Waals surface area contributed by atoms with Crippen LogP contribution in [-0.2, 0) is 6.54 Å². The van der Waals surface area contributed by atoms with E-state index in [0.29, 0.717) is 12.2 Å². The summed E-state index contributed by atoms with van der Waals surface area (Å²) >= 11 is 0. The van der Waals surface area contributed by atoms with Crippen molar-refractivity contribution in [3.8, 4) is 28.1 Å². The van der Waals surface area contributed by atoms with Gasteiger partial charge in [-0.05, 0) is 97.2 Å². The lowest BCUT2D eigenvalue weighted by Gasteiger charge is -2.08. The number of nitrogens with one attached hydrogen (secondary N) is 2. The summed E-state index contributed by atoms with van der Waals surface area (Å²) in [6, 6.07) is 21.8. The van der Waals surface area contributed by atoms with E-state index in [9.17, 15) is 4.39 Å². The minimum absolute atomic E-state index is 0.0526. The smallest absolute Gasteiger partial charge is 0.123 e. The summed E-state index contributed by atoms with van der Waals surface area (Å²) in [5.41, 5.74) is 11.9. The van der Waals surface area contributed by atoms with E-state index in [1.165, 1.54) is 12.1 Å². The Kier molecular flexibility index (Phi) is 7.70. The van der Waals surface area contributed by atoms with Gasteiger partial charge in [0.05, 0.1) is 12.1 Å². The number of nitrogens with two attached hydrogens (primary N) is 1. The third kappa shape index (κ3) is 5.87. The number of benzene rings is 2. The molecule has 0 fully saturated rings. The minimum atomic E-state index is -0.272. The first kappa shape index (κ1) is 25.1. The van der Waals surface area contributed by atoms with Gasteiger partial charge in [-0.3, -0.25) is 10.4 Å². The fourth-order valence-corrected chi connectivity index (χ4v) is 4.31. The number of halogens is 1. The van der Waals surface area contributed by atoms with Gasteiger partial charge in [0.1, 0.15) is 23.1 Å². The van der Waals surface area contributed by atoms with E-state index in [-0.39, 0.29) is 11.7 Å². The van der Waals surface area contributed by atoms with Crippen molar-refractivity contribution in [1.82, 2.24) is 19.9 Å². The molecule has 0 aliphatic rings. The number of pyridine rings is 2. The van der Waals surface area contributed by atoms with Crippen molar-refractivity contribution in [3.05, 3.63) is 108 Å². The van der Waals surface area contributed by atoms with E-state index in [1.54, 1.807) is 36.7 Å². The molecule has 0 saturated heterocycles. The van der Waals surface area contributed by atoms with Crippen molar-refractivity contribution in [1.29, 1.82) is 5.41 Å². The Morgan fingerprint density at radius 2 is 1.68 bits per heavy atom. The highest BCUT2D eigenvalue weighted by atomic mass is 19.1. The number of aromatic nitrogens is 3. The van der Waals surface area contributed by atoms with E-state index in [2.05, 4.69) is 22.4 Å². The van der Waals surface area contributed by atoms with Crippen LogP contribution in [0.1, 0.15) is 24.0 Å². The molecule has 4 N–H and O–H groups in total. The number of nitrogen functional groups attached to an aromatic ring is 1. The number of amidine groups is 1. The monoisotopic (exact) mass is 508 g/mol. The maximum absolute atomic E-state index is 13.6. The quantitative estimate of drug-likeness (QED) is 0.125. The molecular weight excluding hydrogens is 479 g/mol. The molecule has 3 aromatic heterocycles. The van der Waals surface area contributed by atoms with Crippen LogP contribution in [0.15, 0.2) is 91.4 Å². The summed E-state index contributed by atoms with van der Waals surface area (Å²) in [5.74, 6) is 0.560. The normalized spacial score (nSPS) is 11.1. The lowest BCUT2D eigenvalue weighted by Crippen LogP contribution is -2.16. The van der Waals surface area contributed by atoms with Crippen LogP contribution in [0.25, 0.3) is 27.9 Å². The number of fused-ring (bicyclic) bond motifs is 1. The number of unbranched alkanes of at least 4 members (excludes halogenated alkanes) is 1. The summed E-state index contributed by atoms with van der Waals surface area (Å²) in [6.07, 6.45) is 7.47. The highest BCUT2D eigenvalue weighted by Crippen LogP contribution is 2.35. The first-order chi connectivity index (χ1) is 18.6. The van der Waals surface area contributed by atoms with Gasteiger partial charge in [0.15, 0.2) is 0 Å². The molecule has 192 valence electrons. The van der Waals surface area contributed by atoms with Crippen molar-refractivity contribution in [2.24, 2.45) is 5.73 Å². The summed E-state index contributed by atoms with van der Waals surface area (Å²) in [5, 5.41) is 15.8. The second-order valence-corrected chi connectivity index (χ2v) is 9.00. The standard InChI is InChI=1S/C30H29FN6O/c31-25-8-4-23(5-9-25)29-28(22-13-16-34-17-14-22)27-12-3-21(20-37(27)36-29)19-35-15-1-2-18-38-26-10-6-24(7-11-26)30(32)33/h3-14,16-17,20,35H,1-2,15,18-19H2,(H3,32,33). The minimum Gasteiger partial charge on any atom is -0.494 e. The third-order valence-corrected chi connectivity index (χ3v) is 6.29. The molecule has 0 bridgehead atoms. The van der Waals surface area contributed by atoms with Gasteiger partial charge in [-0.25, -0.2) is 8.91 Å². The molecule has 3 heterocycles. The highest BCUT2D eigenvalue weighted by Gasteiger charge is 2.16. The first-order valence-corrected chi connectivity index (χ1v) is 12.5. The van der Waals surface area contributed by atoms with Crippen LogP contribution in [0, 0.1) is 11.2 Å².